The lowest BCUT2D eigenvalue weighted by molar-refractivity contribution is -0.151. The first-order valence-corrected chi connectivity index (χ1v) is 8.55. The maximum atomic E-state index is 12.6. The van der Waals surface area contributed by atoms with Crippen molar-refractivity contribution in [3.63, 3.8) is 0 Å². The maximum Gasteiger partial charge on any atom is 0.279 e. The lowest BCUT2D eigenvalue weighted by atomic mass is 9.85. The Kier molecular flexibility index (Phi) is 3.63. The summed E-state index contributed by atoms with van der Waals surface area (Å²) in [5, 5.41) is 0.902. The number of benzene rings is 1. The van der Waals surface area contributed by atoms with Gasteiger partial charge in [-0.2, -0.15) is 5.01 Å². The molecule has 25 heavy (non-hydrogen) atoms. The van der Waals surface area contributed by atoms with Crippen LogP contribution >= 0.6 is 0 Å². The number of nitrogens with one attached hydrogen (secondary N) is 1. The highest BCUT2D eigenvalue weighted by Crippen LogP contribution is 2.52. The summed E-state index contributed by atoms with van der Waals surface area (Å²) in [5.74, 6) is -0.962. The normalized spacial score (nSPS) is 30.6. The highest BCUT2D eigenvalue weighted by atomic mass is 16.5. The van der Waals surface area contributed by atoms with Gasteiger partial charge in [-0.3, -0.25) is 19.8 Å². The van der Waals surface area contributed by atoms with Gasteiger partial charge in [0.25, 0.3) is 17.7 Å². The van der Waals surface area contributed by atoms with Crippen LogP contribution in [-0.4, -0.2) is 28.8 Å². The number of amides is 3. The number of imide groups is 1. The number of aryl methyl sites for hydroxylation is 1. The summed E-state index contributed by atoms with van der Waals surface area (Å²) >= 11 is 0. The molecule has 1 aliphatic heterocycles. The molecule has 3 amide bonds. The molecular formula is C19H20N2O4. The lowest BCUT2D eigenvalue weighted by Gasteiger charge is -2.21. The summed E-state index contributed by atoms with van der Waals surface area (Å²) in [5.41, 5.74) is 3.54. The zero-order chi connectivity index (χ0) is 17.7. The summed E-state index contributed by atoms with van der Waals surface area (Å²) in [6.45, 7) is 3.55. The maximum absolute atomic E-state index is 12.6. The van der Waals surface area contributed by atoms with E-state index in [0.29, 0.717) is 5.75 Å². The van der Waals surface area contributed by atoms with Gasteiger partial charge in [-0.15, -0.1) is 0 Å². The minimum Gasteiger partial charge on any atom is -0.481 e. The number of hydrogen-bond acceptors (Lipinski definition) is 4. The number of nitrogens with zero attached hydrogens (tertiary/aromatic N) is 1. The summed E-state index contributed by atoms with van der Waals surface area (Å²) in [4.78, 5) is 37.5. The number of hydrazine groups is 1. The van der Waals surface area contributed by atoms with E-state index >= 15 is 0 Å². The third-order valence-electron chi connectivity index (χ3n) is 5.40. The monoisotopic (exact) mass is 340 g/mol. The molecule has 130 valence electrons. The number of fused-ring (bicyclic) bond motifs is 5. The van der Waals surface area contributed by atoms with Crippen LogP contribution in [0.1, 0.15) is 18.9 Å². The number of carbonyl (C=O) groups excluding carboxylic acids is 3. The summed E-state index contributed by atoms with van der Waals surface area (Å²) in [6, 6.07) is 7.33. The standard InChI is InChI=1S/C19H20N2O4/c1-10-3-7-14(8-4-10)25-11(2)17(22)20-21-18(23)15-12-5-6-13(9-12)16(15)19(21)24/h3-8,11-13,15-16H,9H2,1-2H3,(H,20,22)/t11-,12-,13+,15-,16+/m1/s1. The molecule has 1 N–H and O–H groups in total. The van der Waals surface area contributed by atoms with Gasteiger partial charge in [0.2, 0.25) is 0 Å². The van der Waals surface area contributed by atoms with Crippen LogP contribution in [0.2, 0.25) is 0 Å². The number of rotatable bonds is 4. The first kappa shape index (κ1) is 15.9. The number of ether oxygens (including phenoxy) is 1. The lowest BCUT2D eigenvalue weighted by Crippen LogP contribution is -2.51. The van der Waals surface area contributed by atoms with Crippen molar-refractivity contribution in [1.82, 2.24) is 10.4 Å². The van der Waals surface area contributed by atoms with Crippen LogP contribution in [0.4, 0.5) is 0 Å². The van der Waals surface area contributed by atoms with Gasteiger partial charge in [-0.25, -0.2) is 0 Å². The molecule has 2 fully saturated rings. The molecule has 1 heterocycles. The van der Waals surface area contributed by atoms with Gasteiger partial charge in [0.1, 0.15) is 5.75 Å². The highest BCUT2D eigenvalue weighted by molar-refractivity contribution is 6.07. The molecule has 0 spiro atoms. The molecule has 1 aromatic rings. The average Bonchev–Trinajstić information content (AvgIpc) is 3.26. The third-order valence-corrected chi connectivity index (χ3v) is 5.40. The molecule has 1 saturated heterocycles. The predicted molar refractivity (Wildman–Crippen MR) is 89.0 cm³/mol. The van der Waals surface area contributed by atoms with Gasteiger partial charge in [0, 0.05) is 0 Å². The molecule has 6 heteroatoms. The topological polar surface area (TPSA) is 75.7 Å². The van der Waals surface area contributed by atoms with Crippen molar-refractivity contribution in [2.45, 2.75) is 26.4 Å². The molecular weight excluding hydrogens is 320 g/mol. The molecule has 5 atom stereocenters. The Bertz CT molecular complexity index is 740. The van der Waals surface area contributed by atoms with Crippen LogP contribution in [0.5, 0.6) is 5.75 Å². The van der Waals surface area contributed by atoms with E-state index in [2.05, 4.69) is 5.43 Å². The average molecular weight is 340 g/mol. The Morgan fingerprint density at radius 2 is 1.68 bits per heavy atom. The summed E-state index contributed by atoms with van der Waals surface area (Å²) in [7, 11) is 0. The minimum atomic E-state index is -0.821. The molecule has 0 unspecified atom stereocenters. The van der Waals surface area contributed by atoms with Gasteiger partial charge >= 0.3 is 0 Å². The Hall–Kier alpha value is -2.63. The van der Waals surface area contributed by atoms with Gasteiger partial charge in [-0.05, 0) is 44.2 Å². The summed E-state index contributed by atoms with van der Waals surface area (Å²) < 4.78 is 5.59. The second-order valence-electron chi connectivity index (χ2n) is 7.06. The molecule has 2 bridgehead atoms. The Morgan fingerprint density at radius 3 is 2.24 bits per heavy atom. The van der Waals surface area contributed by atoms with Crippen molar-refractivity contribution < 1.29 is 19.1 Å². The van der Waals surface area contributed by atoms with Crippen LogP contribution in [-0.2, 0) is 14.4 Å². The van der Waals surface area contributed by atoms with E-state index in [9.17, 15) is 14.4 Å². The highest BCUT2D eigenvalue weighted by Gasteiger charge is 2.59. The molecule has 1 saturated carbocycles. The Labute approximate surface area is 145 Å². The van der Waals surface area contributed by atoms with Crippen molar-refractivity contribution in [1.29, 1.82) is 0 Å². The number of carbonyl (C=O) groups is 3. The molecule has 3 aliphatic rings. The largest absolute Gasteiger partial charge is 0.481 e. The number of hydrogen-bond donors (Lipinski definition) is 1. The van der Waals surface area contributed by atoms with Crippen LogP contribution in [0.15, 0.2) is 36.4 Å². The Morgan fingerprint density at radius 1 is 1.12 bits per heavy atom. The van der Waals surface area contributed by atoms with Crippen molar-refractivity contribution in [2.75, 3.05) is 0 Å². The van der Waals surface area contributed by atoms with Crippen LogP contribution in [0.25, 0.3) is 0 Å². The quantitative estimate of drug-likeness (QED) is 0.667. The zero-order valence-corrected chi connectivity index (χ0v) is 14.1. The first-order chi connectivity index (χ1) is 12.0. The summed E-state index contributed by atoms with van der Waals surface area (Å²) in [6.07, 6.45) is 4.08. The molecule has 1 aromatic carbocycles. The van der Waals surface area contributed by atoms with E-state index in [1.54, 1.807) is 19.1 Å². The fraction of sp³-hybridized carbons (Fsp3) is 0.421. The molecule has 6 nitrogen and oxygen atoms in total. The minimum absolute atomic E-state index is 0.120. The van der Waals surface area contributed by atoms with Gasteiger partial charge in [-0.1, -0.05) is 29.8 Å². The molecule has 0 aromatic heterocycles. The first-order valence-electron chi connectivity index (χ1n) is 8.55. The van der Waals surface area contributed by atoms with Crippen LogP contribution in [0.3, 0.4) is 0 Å². The van der Waals surface area contributed by atoms with E-state index < -0.39 is 12.0 Å². The van der Waals surface area contributed by atoms with Crippen molar-refractivity contribution in [2.24, 2.45) is 23.7 Å². The van der Waals surface area contributed by atoms with Gasteiger partial charge in [0.15, 0.2) is 6.10 Å². The van der Waals surface area contributed by atoms with Crippen LogP contribution < -0.4 is 10.2 Å². The van der Waals surface area contributed by atoms with Gasteiger partial charge in [0.05, 0.1) is 11.8 Å². The third kappa shape index (κ3) is 2.52. The van der Waals surface area contributed by atoms with E-state index in [1.165, 1.54) is 0 Å². The number of allylic oxidation sites excluding steroid dienone is 2. The SMILES string of the molecule is Cc1ccc(O[C@H](C)C(=O)NN2C(=O)[C@@H]3[C@H](C2=O)[C@@H]2C=C[C@H]3C2)cc1. The fourth-order valence-electron chi connectivity index (χ4n) is 4.09. The zero-order valence-electron chi connectivity index (χ0n) is 14.1. The fourth-order valence-corrected chi connectivity index (χ4v) is 4.09. The molecule has 0 radical (unpaired) electrons. The predicted octanol–water partition coefficient (Wildman–Crippen LogP) is 1.60. The Balaban J connectivity index is 1.42. The van der Waals surface area contributed by atoms with E-state index in [1.807, 2.05) is 31.2 Å². The van der Waals surface area contributed by atoms with Gasteiger partial charge < -0.3 is 4.74 Å². The molecule has 2 aliphatic carbocycles. The molecule has 4 rings (SSSR count). The van der Waals surface area contributed by atoms with E-state index in [-0.39, 0.29) is 35.5 Å². The van der Waals surface area contributed by atoms with Crippen molar-refractivity contribution >= 4 is 17.7 Å². The van der Waals surface area contributed by atoms with E-state index in [0.717, 1.165) is 17.0 Å². The van der Waals surface area contributed by atoms with Crippen LogP contribution in [0, 0.1) is 30.6 Å². The van der Waals surface area contributed by atoms with Crippen molar-refractivity contribution in [3.8, 4) is 5.75 Å². The van der Waals surface area contributed by atoms with Crippen molar-refractivity contribution in [3.05, 3.63) is 42.0 Å². The van der Waals surface area contributed by atoms with E-state index in [4.69, 9.17) is 4.74 Å². The second kappa shape index (κ2) is 5.72. The second-order valence-corrected chi connectivity index (χ2v) is 7.06. The smallest absolute Gasteiger partial charge is 0.279 e.